The van der Waals surface area contributed by atoms with Gasteiger partial charge < -0.3 is 14.4 Å². The van der Waals surface area contributed by atoms with Crippen molar-refractivity contribution in [3.63, 3.8) is 0 Å². The third kappa shape index (κ3) is 8.64. The summed E-state index contributed by atoms with van der Waals surface area (Å²) in [5.41, 5.74) is 2.44. The van der Waals surface area contributed by atoms with Crippen molar-refractivity contribution in [3.8, 4) is 0 Å². The van der Waals surface area contributed by atoms with E-state index in [2.05, 4.69) is 70.3 Å². The van der Waals surface area contributed by atoms with Gasteiger partial charge in [0.25, 0.3) is 0 Å². The smallest absolute Gasteiger partial charge is 0.305 e. The minimum absolute atomic E-state index is 0. The van der Waals surface area contributed by atoms with Gasteiger partial charge in [0.05, 0.1) is 13.2 Å². The Kier molecular flexibility index (Phi) is 11.7. The average molecular weight is 446 g/mol. The molecule has 5 heteroatoms. The van der Waals surface area contributed by atoms with Gasteiger partial charge in [-0.2, -0.15) is 0 Å². The van der Waals surface area contributed by atoms with Crippen LogP contribution in [0.3, 0.4) is 0 Å². The number of piperidine rings is 1. The fourth-order valence-corrected chi connectivity index (χ4v) is 4.13. The summed E-state index contributed by atoms with van der Waals surface area (Å²) in [5, 5.41) is 0. The Balaban J connectivity index is 0.00000341. The molecule has 0 radical (unpaired) electrons. The first-order valence-electron chi connectivity index (χ1n) is 11.3. The van der Waals surface area contributed by atoms with Gasteiger partial charge >= 0.3 is 5.97 Å². The second kappa shape index (κ2) is 14.2. The largest absolute Gasteiger partial charge is 0.469 e. The lowest BCUT2D eigenvalue weighted by Crippen LogP contribution is -2.38. The molecule has 1 aliphatic rings. The number of benzene rings is 2. The number of halogens is 1. The van der Waals surface area contributed by atoms with Crippen LogP contribution in [-0.2, 0) is 14.3 Å². The highest BCUT2D eigenvalue weighted by Gasteiger charge is 2.24. The molecule has 1 fully saturated rings. The number of esters is 1. The Morgan fingerprint density at radius 1 is 0.903 bits per heavy atom. The second-order valence-electron chi connectivity index (χ2n) is 8.12. The van der Waals surface area contributed by atoms with Gasteiger partial charge in [-0.25, -0.2) is 0 Å². The predicted molar refractivity (Wildman–Crippen MR) is 128 cm³/mol. The third-order valence-corrected chi connectivity index (χ3v) is 5.90. The first kappa shape index (κ1) is 25.4. The van der Waals surface area contributed by atoms with Gasteiger partial charge in [-0.3, -0.25) is 4.79 Å². The summed E-state index contributed by atoms with van der Waals surface area (Å²) in [6.45, 7) is 3.35. The van der Waals surface area contributed by atoms with Crippen molar-refractivity contribution in [3.05, 3.63) is 71.8 Å². The number of nitrogens with zero attached hydrogens (tertiary/aromatic N) is 1. The van der Waals surface area contributed by atoms with Crippen LogP contribution in [0.1, 0.15) is 62.2 Å². The summed E-state index contributed by atoms with van der Waals surface area (Å²) in [5.74, 6) is -0.0959. The van der Waals surface area contributed by atoms with Gasteiger partial charge in [0, 0.05) is 19.5 Å². The SMILES string of the molecule is COC(=O)CCCCCCN1CCC(OC(c2ccccc2)c2ccccc2)CC1.Cl. The van der Waals surface area contributed by atoms with Gasteiger partial charge in [0.15, 0.2) is 0 Å². The number of carbonyl (C=O) groups excluding carboxylic acids is 1. The van der Waals surface area contributed by atoms with Crippen LogP contribution in [0.25, 0.3) is 0 Å². The highest BCUT2D eigenvalue weighted by Crippen LogP contribution is 2.30. The van der Waals surface area contributed by atoms with Crippen LogP contribution in [0.2, 0.25) is 0 Å². The number of unbranched alkanes of at least 4 members (excludes halogenated alkanes) is 3. The monoisotopic (exact) mass is 445 g/mol. The first-order valence-corrected chi connectivity index (χ1v) is 11.3. The number of carbonyl (C=O) groups is 1. The van der Waals surface area contributed by atoms with Crippen molar-refractivity contribution in [2.24, 2.45) is 0 Å². The molecule has 0 amide bonds. The van der Waals surface area contributed by atoms with Crippen molar-refractivity contribution in [2.75, 3.05) is 26.7 Å². The molecule has 4 nitrogen and oxygen atoms in total. The van der Waals surface area contributed by atoms with E-state index in [0.29, 0.717) is 12.5 Å². The van der Waals surface area contributed by atoms with Gasteiger partial charge in [0.1, 0.15) is 6.10 Å². The van der Waals surface area contributed by atoms with E-state index < -0.39 is 0 Å². The van der Waals surface area contributed by atoms with E-state index in [-0.39, 0.29) is 24.5 Å². The summed E-state index contributed by atoms with van der Waals surface area (Å²) >= 11 is 0. The van der Waals surface area contributed by atoms with E-state index in [9.17, 15) is 4.79 Å². The molecule has 3 rings (SSSR count). The highest BCUT2D eigenvalue weighted by atomic mass is 35.5. The van der Waals surface area contributed by atoms with Crippen LogP contribution < -0.4 is 0 Å². The van der Waals surface area contributed by atoms with Crippen molar-refractivity contribution in [2.45, 2.75) is 57.2 Å². The molecule has 0 aliphatic carbocycles. The zero-order valence-corrected chi connectivity index (χ0v) is 19.4. The van der Waals surface area contributed by atoms with Gasteiger partial charge in [0.2, 0.25) is 0 Å². The lowest BCUT2D eigenvalue weighted by atomic mass is 10.00. The number of ether oxygens (including phenoxy) is 2. The standard InChI is InChI=1S/C26H35NO3.ClH/c1-29-25(28)16-10-2-3-11-19-27-20-17-24(18-21-27)30-26(22-12-6-4-7-13-22)23-14-8-5-9-15-23;/h4-9,12-15,24,26H,2-3,10-11,16-21H2,1H3;1H. The summed E-state index contributed by atoms with van der Waals surface area (Å²) < 4.78 is 11.3. The minimum atomic E-state index is -0.0959. The molecule has 1 saturated heterocycles. The van der Waals surface area contributed by atoms with Crippen molar-refractivity contribution in [1.29, 1.82) is 0 Å². The molecule has 2 aromatic carbocycles. The maximum atomic E-state index is 11.1. The molecule has 170 valence electrons. The lowest BCUT2D eigenvalue weighted by Gasteiger charge is -2.34. The van der Waals surface area contributed by atoms with E-state index in [1.54, 1.807) is 0 Å². The van der Waals surface area contributed by atoms with Gasteiger partial charge in [-0.05, 0) is 43.4 Å². The van der Waals surface area contributed by atoms with Crippen molar-refractivity contribution >= 4 is 18.4 Å². The zero-order valence-electron chi connectivity index (χ0n) is 18.6. The molecule has 2 aromatic rings. The Morgan fingerprint density at radius 2 is 1.45 bits per heavy atom. The summed E-state index contributed by atoms with van der Waals surface area (Å²) in [7, 11) is 1.46. The number of methoxy groups -OCH3 is 1. The number of rotatable bonds is 11. The fraction of sp³-hybridized carbons (Fsp3) is 0.500. The van der Waals surface area contributed by atoms with Crippen LogP contribution in [0, 0.1) is 0 Å². The molecular formula is C26H36ClNO3. The molecule has 0 aromatic heterocycles. The molecule has 31 heavy (non-hydrogen) atoms. The van der Waals surface area contributed by atoms with Gasteiger partial charge in [-0.15, -0.1) is 12.4 Å². The normalized spacial score (nSPS) is 14.9. The predicted octanol–water partition coefficient (Wildman–Crippen LogP) is 5.80. The fourth-order valence-electron chi connectivity index (χ4n) is 4.13. The third-order valence-electron chi connectivity index (χ3n) is 5.90. The molecule has 0 spiro atoms. The number of hydrogen-bond acceptors (Lipinski definition) is 4. The van der Waals surface area contributed by atoms with Crippen molar-refractivity contribution in [1.82, 2.24) is 4.90 Å². The Bertz CT molecular complexity index is 693. The van der Waals surface area contributed by atoms with Crippen LogP contribution >= 0.6 is 12.4 Å². The van der Waals surface area contributed by atoms with E-state index in [1.165, 1.54) is 31.1 Å². The number of likely N-dealkylation sites (tertiary alicyclic amines) is 1. The Morgan fingerprint density at radius 3 is 2.00 bits per heavy atom. The van der Waals surface area contributed by atoms with Crippen molar-refractivity contribution < 1.29 is 14.3 Å². The maximum absolute atomic E-state index is 11.1. The van der Waals surface area contributed by atoms with E-state index in [4.69, 9.17) is 4.74 Å². The quantitative estimate of drug-likeness (QED) is 0.323. The van der Waals surface area contributed by atoms with E-state index in [0.717, 1.165) is 45.3 Å². The molecule has 1 heterocycles. The van der Waals surface area contributed by atoms with Crippen LogP contribution in [0.5, 0.6) is 0 Å². The molecular weight excluding hydrogens is 410 g/mol. The van der Waals surface area contributed by atoms with Crippen LogP contribution in [0.15, 0.2) is 60.7 Å². The zero-order chi connectivity index (χ0) is 21.0. The summed E-state index contributed by atoms with van der Waals surface area (Å²) in [4.78, 5) is 13.7. The second-order valence-corrected chi connectivity index (χ2v) is 8.12. The maximum Gasteiger partial charge on any atom is 0.305 e. The molecule has 1 aliphatic heterocycles. The average Bonchev–Trinajstić information content (AvgIpc) is 2.81. The number of hydrogen-bond donors (Lipinski definition) is 0. The summed E-state index contributed by atoms with van der Waals surface area (Å²) in [6, 6.07) is 21.1. The molecule has 0 bridgehead atoms. The highest BCUT2D eigenvalue weighted by molar-refractivity contribution is 5.85. The first-order chi connectivity index (χ1) is 14.8. The van der Waals surface area contributed by atoms with E-state index in [1.807, 2.05) is 0 Å². The molecule has 0 N–H and O–H groups in total. The Hall–Kier alpha value is -1.88. The lowest BCUT2D eigenvalue weighted by molar-refractivity contribution is -0.140. The molecule has 0 atom stereocenters. The molecule has 0 unspecified atom stereocenters. The van der Waals surface area contributed by atoms with Crippen LogP contribution in [0.4, 0.5) is 0 Å². The summed E-state index contributed by atoms with van der Waals surface area (Å²) in [6.07, 6.45) is 7.42. The molecule has 0 saturated carbocycles. The topological polar surface area (TPSA) is 38.8 Å². The van der Waals surface area contributed by atoms with E-state index >= 15 is 0 Å². The minimum Gasteiger partial charge on any atom is -0.469 e. The Labute approximate surface area is 193 Å². The van der Waals surface area contributed by atoms with Gasteiger partial charge in [-0.1, -0.05) is 73.5 Å². The van der Waals surface area contributed by atoms with Crippen LogP contribution in [-0.4, -0.2) is 43.7 Å².